The summed E-state index contributed by atoms with van der Waals surface area (Å²) >= 11 is 0. The van der Waals surface area contributed by atoms with Crippen LogP contribution in [0.25, 0.3) is 0 Å². The zero-order valence-electron chi connectivity index (χ0n) is 18.0. The molecular formula is C24H28N4O3. The van der Waals surface area contributed by atoms with Crippen LogP contribution >= 0.6 is 0 Å². The van der Waals surface area contributed by atoms with Crippen molar-refractivity contribution >= 4 is 12.6 Å². The summed E-state index contributed by atoms with van der Waals surface area (Å²) in [5, 5.41) is 25.5. The highest BCUT2D eigenvalue weighted by Gasteiger charge is 2.23. The van der Waals surface area contributed by atoms with Gasteiger partial charge in [-0.15, -0.1) is 0 Å². The number of aliphatic hydroxyl groups is 1. The van der Waals surface area contributed by atoms with Gasteiger partial charge < -0.3 is 20.0 Å². The molecular weight excluding hydrogens is 392 g/mol. The van der Waals surface area contributed by atoms with Crippen molar-refractivity contribution in [2.45, 2.75) is 45.4 Å². The summed E-state index contributed by atoms with van der Waals surface area (Å²) in [5.41, 5.74) is 4.70. The summed E-state index contributed by atoms with van der Waals surface area (Å²) in [4.78, 5) is 9.97. The number of fused-ring (bicyclic) bond motifs is 1. The topological polar surface area (TPSA) is 99.2 Å². The maximum Gasteiger partial charge on any atom is 0.251 e. The lowest BCUT2D eigenvalue weighted by Crippen LogP contribution is -2.22. The van der Waals surface area contributed by atoms with E-state index in [1.165, 1.54) is 11.1 Å². The highest BCUT2D eigenvalue weighted by molar-refractivity contribution is 5.94. The van der Waals surface area contributed by atoms with Crippen molar-refractivity contribution in [3.8, 4) is 11.8 Å². The molecule has 1 atom stereocenters. The van der Waals surface area contributed by atoms with Crippen LogP contribution in [0.4, 0.5) is 0 Å². The molecule has 1 unspecified atom stereocenters. The van der Waals surface area contributed by atoms with Gasteiger partial charge in [-0.2, -0.15) is 5.26 Å². The van der Waals surface area contributed by atoms with Gasteiger partial charge in [-0.1, -0.05) is 23.4 Å². The Morgan fingerprint density at radius 1 is 1.35 bits per heavy atom. The van der Waals surface area contributed by atoms with E-state index in [-0.39, 0.29) is 18.8 Å². The molecule has 0 aliphatic heterocycles. The monoisotopic (exact) mass is 420 g/mol. The first-order valence-electron chi connectivity index (χ1n) is 10.4. The fourth-order valence-electron chi connectivity index (χ4n) is 3.83. The first-order valence-corrected chi connectivity index (χ1v) is 10.4. The summed E-state index contributed by atoms with van der Waals surface area (Å²) in [6.07, 6.45) is 1.92. The molecule has 7 nitrogen and oxygen atoms in total. The second kappa shape index (κ2) is 10.7. The van der Waals surface area contributed by atoms with Gasteiger partial charge in [-0.3, -0.25) is 0 Å². The lowest BCUT2D eigenvalue weighted by molar-refractivity contribution is 0.241. The van der Waals surface area contributed by atoms with Crippen molar-refractivity contribution in [1.82, 2.24) is 5.32 Å². The number of aliphatic hydroxyl groups excluding tert-OH is 1. The molecule has 0 amide bonds. The molecule has 3 rings (SSSR count). The summed E-state index contributed by atoms with van der Waals surface area (Å²) in [6, 6.07) is 13.9. The minimum atomic E-state index is -0.0342. The number of aliphatic imine (C=N–C) groups is 1. The third kappa shape index (κ3) is 5.48. The Hall–Kier alpha value is -3.21. The van der Waals surface area contributed by atoms with Gasteiger partial charge in [0.1, 0.15) is 11.8 Å². The predicted molar refractivity (Wildman–Crippen MR) is 120 cm³/mol. The molecule has 2 N–H and O–H groups in total. The van der Waals surface area contributed by atoms with E-state index >= 15 is 0 Å². The van der Waals surface area contributed by atoms with E-state index in [1.54, 1.807) is 18.2 Å². The Morgan fingerprint density at radius 3 is 2.90 bits per heavy atom. The van der Waals surface area contributed by atoms with Crippen LogP contribution in [0.3, 0.4) is 0 Å². The van der Waals surface area contributed by atoms with Crippen molar-refractivity contribution < 1.29 is 14.7 Å². The summed E-state index contributed by atoms with van der Waals surface area (Å²) in [5.74, 6) is 0.822. The molecule has 0 heterocycles. The quantitative estimate of drug-likeness (QED) is 0.367. The van der Waals surface area contributed by atoms with Crippen LogP contribution in [-0.4, -0.2) is 37.0 Å². The van der Waals surface area contributed by atoms with Gasteiger partial charge >= 0.3 is 0 Å². The third-order valence-corrected chi connectivity index (χ3v) is 5.12. The number of nitriles is 1. The number of ether oxygens (including phenoxy) is 1. The molecule has 1 aliphatic rings. The second-order valence-electron chi connectivity index (χ2n) is 7.59. The smallest absolute Gasteiger partial charge is 0.251 e. The molecule has 0 fully saturated rings. The van der Waals surface area contributed by atoms with Crippen LogP contribution in [0.5, 0.6) is 5.75 Å². The molecule has 0 aromatic heterocycles. The fourth-order valence-corrected chi connectivity index (χ4v) is 3.83. The molecule has 0 radical (unpaired) electrons. The molecule has 0 saturated heterocycles. The number of hydrogen-bond donors (Lipinski definition) is 2. The lowest BCUT2D eigenvalue weighted by atomic mass is 10.0. The summed E-state index contributed by atoms with van der Waals surface area (Å²) in [7, 11) is 0. The standard InChI is InChI=1S/C24H28N4O3/c1-16(2)30-23-10-7-17(13-19(23)14-25)24(31-26-3)28-15-18-5-4-6-21-20(18)8-9-22(21)27-11-12-29/h4-7,10,13,16,22,27,29H,3,8-9,11-12,15H2,1-2H3/b28-24-. The highest BCUT2D eigenvalue weighted by atomic mass is 16.6. The Labute approximate surface area is 183 Å². The third-order valence-electron chi connectivity index (χ3n) is 5.12. The number of rotatable bonds is 9. The van der Waals surface area contributed by atoms with Gasteiger partial charge in [-0.25, -0.2) is 4.99 Å². The molecule has 0 bridgehead atoms. The molecule has 31 heavy (non-hydrogen) atoms. The average Bonchev–Trinajstić information content (AvgIpc) is 3.19. The largest absolute Gasteiger partial charge is 0.490 e. The normalized spacial score (nSPS) is 15.5. The van der Waals surface area contributed by atoms with Gasteiger partial charge in [0.05, 0.1) is 24.8 Å². The van der Waals surface area contributed by atoms with Crippen molar-refractivity contribution in [2.75, 3.05) is 13.2 Å². The maximum atomic E-state index is 9.50. The number of nitrogens with one attached hydrogen (secondary N) is 1. The maximum absolute atomic E-state index is 9.50. The first kappa shape index (κ1) is 22.5. The van der Waals surface area contributed by atoms with Crippen molar-refractivity contribution in [1.29, 1.82) is 5.26 Å². The van der Waals surface area contributed by atoms with E-state index in [0.29, 0.717) is 35.9 Å². The zero-order chi connectivity index (χ0) is 22.2. The Kier molecular flexibility index (Phi) is 7.76. The van der Waals surface area contributed by atoms with Crippen LogP contribution in [0, 0.1) is 11.3 Å². The molecule has 0 spiro atoms. The number of benzene rings is 2. The Morgan fingerprint density at radius 2 is 2.19 bits per heavy atom. The average molecular weight is 421 g/mol. The number of oxime groups is 1. The lowest BCUT2D eigenvalue weighted by Gasteiger charge is -2.14. The SMILES string of the molecule is C=NO/C(=N\Cc1cccc2c1CCC2NCCO)c1ccc(OC(C)C)c(C#N)c1. The highest BCUT2D eigenvalue weighted by Crippen LogP contribution is 2.33. The van der Waals surface area contributed by atoms with Gasteiger partial charge in [0, 0.05) is 24.9 Å². The molecule has 7 heteroatoms. The number of hydrogen-bond acceptors (Lipinski definition) is 7. The molecule has 162 valence electrons. The van der Waals surface area contributed by atoms with Crippen LogP contribution in [0.1, 0.15) is 54.1 Å². The van der Waals surface area contributed by atoms with Gasteiger partial charge in [-0.05, 0) is 61.6 Å². The summed E-state index contributed by atoms with van der Waals surface area (Å²) < 4.78 is 5.69. The predicted octanol–water partition coefficient (Wildman–Crippen LogP) is 3.49. The van der Waals surface area contributed by atoms with E-state index in [2.05, 4.69) is 40.4 Å². The van der Waals surface area contributed by atoms with Crippen LogP contribution < -0.4 is 10.1 Å². The van der Waals surface area contributed by atoms with E-state index in [0.717, 1.165) is 18.4 Å². The molecule has 2 aromatic rings. The van der Waals surface area contributed by atoms with Gasteiger partial charge in [0.2, 0.25) is 0 Å². The van der Waals surface area contributed by atoms with E-state index in [1.807, 2.05) is 19.9 Å². The molecule has 2 aromatic carbocycles. The zero-order valence-corrected chi connectivity index (χ0v) is 18.0. The Balaban J connectivity index is 1.86. The van der Waals surface area contributed by atoms with Crippen LogP contribution in [-0.2, 0) is 17.8 Å². The van der Waals surface area contributed by atoms with Crippen molar-refractivity contribution in [3.05, 3.63) is 64.2 Å². The summed E-state index contributed by atoms with van der Waals surface area (Å²) in [6.45, 7) is 8.35. The van der Waals surface area contributed by atoms with Crippen molar-refractivity contribution in [3.63, 3.8) is 0 Å². The second-order valence-corrected chi connectivity index (χ2v) is 7.59. The minimum absolute atomic E-state index is 0.0342. The first-order chi connectivity index (χ1) is 15.1. The molecule has 1 aliphatic carbocycles. The molecule has 0 saturated carbocycles. The van der Waals surface area contributed by atoms with Gasteiger partial charge in [0.25, 0.3) is 5.90 Å². The van der Waals surface area contributed by atoms with Crippen LogP contribution in [0.2, 0.25) is 0 Å². The van der Waals surface area contributed by atoms with E-state index < -0.39 is 0 Å². The fraction of sp³-hybridized carbons (Fsp3) is 0.375. The van der Waals surface area contributed by atoms with Crippen molar-refractivity contribution in [2.24, 2.45) is 10.1 Å². The van der Waals surface area contributed by atoms with Gasteiger partial charge in [0.15, 0.2) is 0 Å². The van der Waals surface area contributed by atoms with Crippen LogP contribution in [0.15, 0.2) is 46.5 Å². The Bertz CT molecular complexity index is 995. The van der Waals surface area contributed by atoms with E-state index in [9.17, 15) is 5.26 Å². The number of nitrogens with zero attached hydrogens (tertiary/aromatic N) is 3. The minimum Gasteiger partial charge on any atom is -0.490 e. The van der Waals surface area contributed by atoms with E-state index in [4.69, 9.17) is 14.7 Å².